The van der Waals surface area contributed by atoms with Crippen LogP contribution in [0.25, 0.3) is 0 Å². The standard InChI is InChI=1S/C15H19BrN2O/c16-13-8-12(9-17-10-13)15(19)18-7-3-5-11-4-1-2-6-14(11)18/h8-11,14H,1-7H2/t11-,14-/m1/s1. The Kier molecular flexibility index (Phi) is 3.87. The predicted molar refractivity (Wildman–Crippen MR) is 78.0 cm³/mol. The first kappa shape index (κ1) is 13.1. The summed E-state index contributed by atoms with van der Waals surface area (Å²) < 4.78 is 0.871. The second kappa shape index (κ2) is 5.61. The minimum atomic E-state index is 0.158. The van der Waals surface area contributed by atoms with Crippen molar-refractivity contribution in [2.45, 2.75) is 44.6 Å². The van der Waals surface area contributed by atoms with E-state index in [-0.39, 0.29) is 5.91 Å². The SMILES string of the molecule is O=C(c1cncc(Br)c1)N1CCC[C@H]2CCCC[C@H]21. The van der Waals surface area contributed by atoms with Crippen molar-refractivity contribution in [3.63, 3.8) is 0 Å². The fraction of sp³-hybridized carbons (Fsp3) is 0.600. The number of fused-ring (bicyclic) bond motifs is 1. The van der Waals surface area contributed by atoms with Gasteiger partial charge in [-0.1, -0.05) is 12.8 Å². The Morgan fingerprint density at radius 1 is 1.21 bits per heavy atom. The number of carbonyl (C=O) groups is 1. The lowest BCUT2D eigenvalue weighted by Gasteiger charge is -2.44. The van der Waals surface area contributed by atoms with E-state index in [1.54, 1.807) is 12.4 Å². The van der Waals surface area contributed by atoms with E-state index in [2.05, 4.69) is 25.8 Å². The van der Waals surface area contributed by atoms with Crippen LogP contribution in [0.4, 0.5) is 0 Å². The molecule has 1 aromatic rings. The second-order valence-electron chi connectivity index (χ2n) is 5.64. The smallest absolute Gasteiger partial charge is 0.255 e. The van der Waals surface area contributed by atoms with E-state index < -0.39 is 0 Å². The van der Waals surface area contributed by atoms with Gasteiger partial charge in [0, 0.05) is 29.5 Å². The summed E-state index contributed by atoms with van der Waals surface area (Å²) >= 11 is 3.39. The Labute approximate surface area is 122 Å². The molecule has 1 aliphatic carbocycles. The Morgan fingerprint density at radius 2 is 2.00 bits per heavy atom. The molecule has 0 radical (unpaired) electrons. The van der Waals surface area contributed by atoms with Gasteiger partial charge in [0.1, 0.15) is 0 Å². The molecule has 0 spiro atoms. The molecule has 102 valence electrons. The van der Waals surface area contributed by atoms with Gasteiger partial charge in [-0.05, 0) is 53.6 Å². The lowest BCUT2D eigenvalue weighted by atomic mass is 9.78. The van der Waals surface area contributed by atoms with E-state index in [1.807, 2.05) is 6.07 Å². The highest BCUT2D eigenvalue weighted by Gasteiger charge is 2.35. The molecule has 19 heavy (non-hydrogen) atoms. The Hall–Kier alpha value is -0.900. The zero-order valence-corrected chi connectivity index (χ0v) is 12.6. The van der Waals surface area contributed by atoms with Crippen LogP contribution in [-0.2, 0) is 0 Å². The molecule has 3 nitrogen and oxygen atoms in total. The van der Waals surface area contributed by atoms with Crippen molar-refractivity contribution in [1.82, 2.24) is 9.88 Å². The molecule has 2 heterocycles. The average Bonchev–Trinajstić information content (AvgIpc) is 2.46. The first-order valence-corrected chi connectivity index (χ1v) is 7.96. The van der Waals surface area contributed by atoms with Crippen LogP contribution in [0.15, 0.2) is 22.9 Å². The average molecular weight is 323 g/mol. The molecule has 3 rings (SSSR count). The highest BCUT2D eigenvalue weighted by molar-refractivity contribution is 9.10. The molecule has 1 aromatic heterocycles. The van der Waals surface area contributed by atoms with E-state index in [0.29, 0.717) is 11.6 Å². The largest absolute Gasteiger partial charge is 0.335 e. The first-order chi connectivity index (χ1) is 9.25. The molecule has 1 saturated heterocycles. The number of hydrogen-bond acceptors (Lipinski definition) is 2. The van der Waals surface area contributed by atoms with Gasteiger partial charge >= 0.3 is 0 Å². The summed E-state index contributed by atoms with van der Waals surface area (Å²) in [7, 11) is 0. The molecular weight excluding hydrogens is 304 g/mol. The lowest BCUT2D eigenvalue weighted by molar-refractivity contribution is 0.0390. The van der Waals surface area contributed by atoms with Crippen molar-refractivity contribution in [2.75, 3.05) is 6.54 Å². The summed E-state index contributed by atoms with van der Waals surface area (Å²) in [5.41, 5.74) is 0.709. The molecule has 2 atom stereocenters. The molecule has 1 saturated carbocycles. The van der Waals surface area contributed by atoms with Gasteiger partial charge in [0.15, 0.2) is 0 Å². The van der Waals surface area contributed by atoms with Gasteiger partial charge < -0.3 is 4.90 Å². The van der Waals surface area contributed by atoms with Gasteiger partial charge in [-0.2, -0.15) is 0 Å². The van der Waals surface area contributed by atoms with Crippen molar-refractivity contribution in [2.24, 2.45) is 5.92 Å². The van der Waals surface area contributed by atoms with Crippen LogP contribution >= 0.6 is 15.9 Å². The number of hydrogen-bond donors (Lipinski definition) is 0. The Balaban J connectivity index is 1.82. The number of aromatic nitrogens is 1. The van der Waals surface area contributed by atoms with Crippen molar-refractivity contribution in [3.05, 3.63) is 28.5 Å². The van der Waals surface area contributed by atoms with Gasteiger partial charge in [0.25, 0.3) is 5.91 Å². The van der Waals surface area contributed by atoms with Crippen LogP contribution < -0.4 is 0 Å². The topological polar surface area (TPSA) is 33.2 Å². The fourth-order valence-electron chi connectivity index (χ4n) is 3.57. The Morgan fingerprint density at radius 3 is 2.84 bits per heavy atom. The molecule has 2 aliphatic rings. The van der Waals surface area contributed by atoms with Gasteiger partial charge in [-0.15, -0.1) is 0 Å². The maximum Gasteiger partial charge on any atom is 0.255 e. The van der Waals surface area contributed by atoms with Gasteiger partial charge in [-0.3, -0.25) is 9.78 Å². The van der Waals surface area contributed by atoms with Gasteiger partial charge in [0.2, 0.25) is 0 Å². The van der Waals surface area contributed by atoms with E-state index >= 15 is 0 Å². The number of nitrogens with zero attached hydrogens (tertiary/aromatic N) is 2. The molecule has 0 N–H and O–H groups in total. The normalized spacial score (nSPS) is 26.9. The molecule has 0 bridgehead atoms. The number of piperidine rings is 1. The fourth-order valence-corrected chi connectivity index (χ4v) is 3.94. The number of pyridine rings is 1. The maximum absolute atomic E-state index is 12.7. The molecule has 1 aliphatic heterocycles. The number of amides is 1. The zero-order valence-electron chi connectivity index (χ0n) is 11.0. The number of carbonyl (C=O) groups excluding carboxylic acids is 1. The van der Waals surface area contributed by atoms with Crippen LogP contribution in [0.2, 0.25) is 0 Å². The maximum atomic E-state index is 12.7. The molecule has 4 heteroatoms. The molecule has 0 aromatic carbocycles. The second-order valence-corrected chi connectivity index (χ2v) is 6.56. The van der Waals surface area contributed by atoms with Crippen LogP contribution in [0, 0.1) is 5.92 Å². The molecular formula is C15H19BrN2O. The summed E-state index contributed by atoms with van der Waals surface area (Å²) in [4.78, 5) is 18.9. The minimum absolute atomic E-state index is 0.158. The third-order valence-corrected chi connectivity index (χ3v) is 4.89. The molecule has 2 fully saturated rings. The quantitative estimate of drug-likeness (QED) is 0.790. The first-order valence-electron chi connectivity index (χ1n) is 7.17. The van der Waals surface area contributed by atoms with Crippen molar-refractivity contribution in [1.29, 1.82) is 0 Å². The van der Waals surface area contributed by atoms with Crippen molar-refractivity contribution in [3.8, 4) is 0 Å². The van der Waals surface area contributed by atoms with Gasteiger partial charge in [0.05, 0.1) is 5.56 Å². The van der Waals surface area contributed by atoms with Crippen LogP contribution in [-0.4, -0.2) is 28.4 Å². The summed E-state index contributed by atoms with van der Waals surface area (Å²) in [5.74, 6) is 0.886. The minimum Gasteiger partial charge on any atom is -0.335 e. The highest BCUT2D eigenvalue weighted by Crippen LogP contribution is 2.35. The van der Waals surface area contributed by atoms with E-state index in [9.17, 15) is 4.79 Å². The van der Waals surface area contributed by atoms with Crippen molar-refractivity contribution < 1.29 is 4.79 Å². The van der Waals surface area contributed by atoms with Crippen LogP contribution in [0.1, 0.15) is 48.9 Å². The lowest BCUT2D eigenvalue weighted by Crippen LogP contribution is -2.49. The third kappa shape index (κ3) is 2.69. The number of rotatable bonds is 1. The molecule has 0 unspecified atom stereocenters. The monoisotopic (exact) mass is 322 g/mol. The number of halogens is 1. The summed E-state index contributed by atoms with van der Waals surface area (Å²) in [6.07, 6.45) is 10.9. The highest BCUT2D eigenvalue weighted by atomic mass is 79.9. The van der Waals surface area contributed by atoms with Crippen LogP contribution in [0.5, 0.6) is 0 Å². The molecule has 1 amide bonds. The summed E-state index contributed by atoms with van der Waals surface area (Å²) in [6.45, 7) is 0.909. The predicted octanol–water partition coefficient (Wildman–Crippen LogP) is 3.64. The zero-order chi connectivity index (χ0) is 13.2. The van der Waals surface area contributed by atoms with Crippen molar-refractivity contribution >= 4 is 21.8 Å². The summed E-state index contributed by atoms with van der Waals surface area (Å²) in [6, 6.07) is 2.34. The number of likely N-dealkylation sites (tertiary alicyclic amines) is 1. The summed E-state index contributed by atoms with van der Waals surface area (Å²) in [5, 5.41) is 0. The van der Waals surface area contributed by atoms with E-state index in [1.165, 1.54) is 32.1 Å². The van der Waals surface area contributed by atoms with Crippen LogP contribution in [0.3, 0.4) is 0 Å². The van der Waals surface area contributed by atoms with Gasteiger partial charge in [-0.25, -0.2) is 0 Å². The van der Waals surface area contributed by atoms with E-state index in [0.717, 1.165) is 23.4 Å². The Bertz CT molecular complexity index is 475. The van der Waals surface area contributed by atoms with E-state index in [4.69, 9.17) is 0 Å². The third-order valence-electron chi connectivity index (χ3n) is 4.46.